The van der Waals surface area contributed by atoms with Crippen LogP contribution in [0.15, 0.2) is 18.2 Å². The van der Waals surface area contributed by atoms with E-state index in [0.717, 1.165) is 12.1 Å². The summed E-state index contributed by atoms with van der Waals surface area (Å²) in [6.07, 6.45) is -9.98. The number of halogens is 6. The number of alkyl halides is 6. The van der Waals surface area contributed by atoms with Crippen molar-refractivity contribution in [3.63, 3.8) is 0 Å². The fraction of sp³-hybridized carbons (Fsp3) is 0.538. The molecular formula is C13H14F6. The smallest absolute Gasteiger partial charge is 0.171 e. The van der Waals surface area contributed by atoms with Gasteiger partial charge in [0.2, 0.25) is 0 Å². The standard InChI is InChI=1S/C13H14F6/c1-8(2)5-10-6-11(13(17,18)19)4-3-9(10)7-12(14,15)16/h3-4,6,8H,5,7H2,1-2H3. The van der Waals surface area contributed by atoms with Crippen molar-refractivity contribution < 1.29 is 26.3 Å². The third kappa shape index (κ3) is 5.12. The summed E-state index contributed by atoms with van der Waals surface area (Å²) in [7, 11) is 0. The highest BCUT2D eigenvalue weighted by atomic mass is 19.4. The van der Waals surface area contributed by atoms with E-state index in [1.54, 1.807) is 13.8 Å². The number of hydrogen-bond acceptors (Lipinski definition) is 0. The monoisotopic (exact) mass is 284 g/mol. The zero-order valence-corrected chi connectivity index (χ0v) is 10.5. The normalized spacial score (nSPS) is 13.1. The molecule has 1 aromatic rings. The molecule has 0 aliphatic heterocycles. The van der Waals surface area contributed by atoms with E-state index in [1.807, 2.05) is 0 Å². The second-order valence-electron chi connectivity index (χ2n) is 4.87. The van der Waals surface area contributed by atoms with Crippen LogP contribution in [0.5, 0.6) is 0 Å². The molecule has 1 aromatic carbocycles. The molecular weight excluding hydrogens is 270 g/mol. The molecule has 19 heavy (non-hydrogen) atoms. The van der Waals surface area contributed by atoms with Crippen molar-refractivity contribution in [3.8, 4) is 0 Å². The minimum Gasteiger partial charge on any atom is -0.171 e. The molecule has 0 radical (unpaired) electrons. The van der Waals surface area contributed by atoms with Crippen LogP contribution in [0.1, 0.15) is 30.5 Å². The lowest BCUT2D eigenvalue weighted by atomic mass is 9.94. The topological polar surface area (TPSA) is 0 Å². The largest absolute Gasteiger partial charge is 0.416 e. The van der Waals surface area contributed by atoms with Crippen molar-refractivity contribution in [1.82, 2.24) is 0 Å². The Balaban J connectivity index is 3.17. The molecule has 0 saturated carbocycles. The van der Waals surface area contributed by atoms with Gasteiger partial charge in [0.25, 0.3) is 0 Å². The molecule has 6 heteroatoms. The molecule has 108 valence electrons. The Labute approximate surface area is 107 Å². The molecule has 0 bridgehead atoms. The maximum atomic E-state index is 12.6. The highest BCUT2D eigenvalue weighted by Gasteiger charge is 2.33. The molecule has 0 aliphatic rings. The molecule has 0 spiro atoms. The Hall–Kier alpha value is -1.20. The summed E-state index contributed by atoms with van der Waals surface area (Å²) in [5, 5.41) is 0. The maximum absolute atomic E-state index is 12.6. The van der Waals surface area contributed by atoms with Crippen molar-refractivity contribution in [1.29, 1.82) is 0 Å². The molecule has 0 aromatic heterocycles. The molecule has 1 rings (SSSR count). The Bertz CT molecular complexity index is 428. The predicted molar refractivity (Wildman–Crippen MR) is 59.7 cm³/mol. The first-order valence-electron chi connectivity index (χ1n) is 5.75. The predicted octanol–water partition coefficient (Wildman–Crippen LogP) is 5.01. The van der Waals surface area contributed by atoms with Crippen LogP contribution in [0.25, 0.3) is 0 Å². The first-order valence-corrected chi connectivity index (χ1v) is 5.75. The lowest BCUT2D eigenvalue weighted by molar-refractivity contribution is -0.137. The summed E-state index contributed by atoms with van der Waals surface area (Å²) in [5.41, 5.74) is -0.884. The second kappa shape index (κ2) is 5.43. The Morgan fingerprint density at radius 3 is 1.95 bits per heavy atom. The van der Waals surface area contributed by atoms with Gasteiger partial charge in [0.1, 0.15) is 0 Å². The highest BCUT2D eigenvalue weighted by molar-refractivity contribution is 5.34. The molecule has 0 saturated heterocycles. The lowest BCUT2D eigenvalue weighted by Crippen LogP contribution is -2.15. The van der Waals surface area contributed by atoms with Gasteiger partial charge in [-0.15, -0.1) is 0 Å². The quantitative estimate of drug-likeness (QED) is 0.684. The van der Waals surface area contributed by atoms with Crippen molar-refractivity contribution >= 4 is 0 Å². The fourth-order valence-corrected chi connectivity index (χ4v) is 1.82. The first-order chi connectivity index (χ1) is 8.49. The van der Waals surface area contributed by atoms with Crippen LogP contribution >= 0.6 is 0 Å². The van der Waals surface area contributed by atoms with Gasteiger partial charge in [0.05, 0.1) is 12.0 Å². The molecule has 0 aliphatic carbocycles. The Kier molecular flexibility index (Phi) is 4.53. The molecule has 0 fully saturated rings. The third-order valence-corrected chi connectivity index (χ3v) is 2.55. The van der Waals surface area contributed by atoms with Crippen LogP contribution in [0, 0.1) is 5.92 Å². The zero-order chi connectivity index (χ0) is 14.8. The van der Waals surface area contributed by atoms with E-state index in [0.29, 0.717) is 6.07 Å². The van der Waals surface area contributed by atoms with Crippen molar-refractivity contribution in [2.75, 3.05) is 0 Å². The minimum absolute atomic E-state index is 0.0181. The van der Waals surface area contributed by atoms with E-state index >= 15 is 0 Å². The Morgan fingerprint density at radius 2 is 1.53 bits per heavy atom. The van der Waals surface area contributed by atoms with Gasteiger partial charge >= 0.3 is 12.4 Å². The third-order valence-electron chi connectivity index (χ3n) is 2.55. The van der Waals surface area contributed by atoms with Gasteiger partial charge < -0.3 is 0 Å². The van der Waals surface area contributed by atoms with Gasteiger partial charge in [-0.25, -0.2) is 0 Å². The number of hydrogen-bond donors (Lipinski definition) is 0. The molecule has 0 amide bonds. The van der Waals surface area contributed by atoms with Crippen LogP contribution in [0.4, 0.5) is 26.3 Å². The summed E-state index contributed by atoms with van der Waals surface area (Å²) >= 11 is 0. The second-order valence-corrected chi connectivity index (χ2v) is 4.87. The number of benzene rings is 1. The molecule has 0 N–H and O–H groups in total. The van der Waals surface area contributed by atoms with Gasteiger partial charge in [0, 0.05) is 0 Å². The minimum atomic E-state index is -4.54. The molecule has 0 nitrogen and oxygen atoms in total. The summed E-state index contributed by atoms with van der Waals surface area (Å²) in [6.45, 7) is 3.50. The van der Waals surface area contributed by atoms with Gasteiger partial charge in [-0.3, -0.25) is 0 Å². The first kappa shape index (κ1) is 15.9. The van der Waals surface area contributed by atoms with Gasteiger partial charge in [-0.2, -0.15) is 26.3 Å². The summed E-state index contributed by atoms with van der Waals surface area (Å²) in [4.78, 5) is 0. The zero-order valence-electron chi connectivity index (χ0n) is 10.5. The van der Waals surface area contributed by atoms with Gasteiger partial charge in [-0.1, -0.05) is 19.9 Å². The van der Waals surface area contributed by atoms with Crippen LogP contribution < -0.4 is 0 Å². The van der Waals surface area contributed by atoms with E-state index in [4.69, 9.17) is 0 Å². The van der Waals surface area contributed by atoms with E-state index in [1.165, 1.54) is 0 Å². The van der Waals surface area contributed by atoms with Crippen molar-refractivity contribution in [2.45, 2.75) is 39.0 Å². The van der Waals surface area contributed by atoms with Crippen molar-refractivity contribution in [2.24, 2.45) is 5.92 Å². The van der Waals surface area contributed by atoms with E-state index < -0.39 is 24.3 Å². The van der Waals surface area contributed by atoms with Crippen molar-refractivity contribution in [3.05, 3.63) is 34.9 Å². The Morgan fingerprint density at radius 1 is 0.947 bits per heavy atom. The maximum Gasteiger partial charge on any atom is 0.416 e. The van der Waals surface area contributed by atoms with Gasteiger partial charge in [0.15, 0.2) is 0 Å². The fourth-order valence-electron chi connectivity index (χ4n) is 1.82. The van der Waals surface area contributed by atoms with Crippen LogP contribution in [-0.4, -0.2) is 6.18 Å². The van der Waals surface area contributed by atoms with Gasteiger partial charge in [-0.05, 0) is 35.6 Å². The van der Waals surface area contributed by atoms with Crippen LogP contribution in [0.3, 0.4) is 0 Å². The van der Waals surface area contributed by atoms with E-state index in [-0.39, 0.29) is 23.5 Å². The van der Waals surface area contributed by atoms with Crippen LogP contribution in [0.2, 0.25) is 0 Å². The van der Waals surface area contributed by atoms with Crippen LogP contribution in [-0.2, 0) is 19.0 Å². The summed E-state index contributed by atoms with van der Waals surface area (Å²) in [5.74, 6) is -0.0181. The molecule has 0 heterocycles. The summed E-state index contributed by atoms with van der Waals surface area (Å²) < 4.78 is 74.8. The average Bonchev–Trinajstić information content (AvgIpc) is 2.15. The summed E-state index contributed by atoms with van der Waals surface area (Å²) in [6, 6.07) is 2.44. The molecule has 0 unspecified atom stereocenters. The SMILES string of the molecule is CC(C)Cc1cc(C(F)(F)F)ccc1CC(F)(F)F. The number of rotatable bonds is 3. The van der Waals surface area contributed by atoms with E-state index in [2.05, 4.69) is 0 Å². The lowest BCUT2D eigenvalue weighted by Gasteiger charge is -2.16. The van der Waals surface area contributed by atoms with E-state index in [9.17, 15) is 26.3 Å². The average molecular weight is 284 g/mol. The molecule has 0 atom stereocenters. The highest BCUT2D eigenvalue weighted by Crippen LogP contribution is 2.33.